The predicted molar refractivity (Wildman–Crippen MR) is 154 cm³/mol. The van der Waals surface area contributed by atoms with Crippen molar-refractivity contribution in [1.29, 1.82) is 0 Å². The van der Waals surface area contributed by atoms with E-state index in [0.29, 0.717) is 44.0 Å². The minimum absolute atomic E-state index is 0.195. The zero-order valence-electron chi connectivity index (χ0n) is 23.4. The van der Waals surface area contributed by atoms with E-state index in [1.165, 1.54) is 24.3 Å². The number of hydrogen-bond acceptors (Lipinski definition) is 6. The molecular formula is C29H41F2N3O4S2. The predicted octanol–water partition coefficient (Wildman–Crippen LogP) is 3.96. The Bertz CT molecular complexity index is 1320. The second kappa shape index (κ2) is 13.4. The molecule has 0 aromatic heterocycles. The van der Waals surface area contributed by atoms with Gasteiger partial charge in [-0.3, -0.25) is 0 Å². The van der Waals surface area contributed by atoms with Crippen molar-refractivity contribution < 1.29 is 25.6 Å². The van der Waals surface area contributed by atoms with Crippen LogP contribution in [-0.4, -0.2) is 95.3 Å². The molecule has 40 heavy (non-hydrogen) atoms. The van der Waals surface area contributed by atoms with Crippen molar-refractivity contribution in [2.75, 3.05) is 64.4 Å². The Morgan fingerprint density at radius 2 is 1.43 bits per heavy atom. The second-order valence-corrected chi connectivity index (χ2v) is 15.2. The Morgan fingerprint density at radius 3 is 1.98 bits per heavy atom. The van der Waals surface area contributed by atoms with E-state index in [4.69, 9.17) is 0 Å². The lowest BCUT2D eigenvalue weighted by atomic mass is 9.87. The fraction of sp³-hybridized carbons (Fsp3) is 0.586. The van der Waals surface area contributed by atoms with Crippen molar-refractivity contribution in [2.24, 2.45) is 5.92 Å². The number of sulfonamides is 1. The maximum Gasteiger partial charge on any atom is 0.214 e. The molecule has 0 aliphatic carbocycles. The van der Waals surface area contributed by atoms with Gasteiger partial charge in [0.05, 0.1) is 10.6 Å². The number of rotatable bonds is 11. The zero-order chi connectivity index (χ0) is 28.9. The first-order valence-corrected chi connectivity index (χ1v) is 17.6. The van der Waals surface area contributed by atoms with Gasteiger partial charge >= 0.3 is 0 Å². The van der Waals surface area contributed by atoms with Gasteiger partial charge in [-0.2, -0.15) is 4.31 Å². The van der Waals surface area contributed by atoms with Crippen LogP contribution < -0.4 is 0 Å². The number of likely N-dealkylation sites (tertiary alicyclic amines) is 1. The highest BCUT2D eigenvalue weighted by Crippen LogP contribution is 2.31. The summed E-state index contributed by atoms with van der Waals surface area (Å²) in [5, 5.41) is 0. The molecule has 4 rings (SSSR count). The van der Waals surface area contributed by atoms with Crippen molar-refractivity contribution in [3.8, 4) is 0 Å². The van der Waals surface area contributed by atoms with Gasteiger partial charge in [0.25, 0.3) is 0 Å². The largest absolute Gasteiger partial charge is 0.303 e. The molecule has 2 aliphatic rings. The van der Waals surface area contributed by atoms with E-state index in [9.17, 15) is 25.6 Å². The first-order valence-electron chi connectivity index (χ1n) is 14.1. The summed E-state index contributed by atoms with van der Waals surface area (Å²) in [5.41, 5.74) is 1.32. The summed E-state index contributed by atoms with van der Waals surface area (Å²) in [7, 11) is -6.59. The Hall–Kier alpha value is -1.92. The summed E-state index contributed by atoms with van der Waals surface area (Å²) in [6.45, 7) is 8.16. The van der Waals surface area contributed by atoms with Crippen LogP contribution in [0.4, 0.5) is 8.78 Å². The van der Waals surface area contributed by atoms with E-state index in [-0.39, 0.29) is 16.6 Å². The van der Waals surface area contributed by atoms with Crippen molar-refractivity contribution >= 4 is 19.9 Å². The topological polar surface area (TPSA) is 78.0 Å². The van der Waals surface area contributed by atoms with Crippen LogP contribution in [0.3, 0.4) is 0 Å². The van der Waals surface area contributed by atoms with E-state index >= 15 is 0 Å². The fourth-order valence-corrected chi connectivity index (χ4v) is 8.07. The van der Waals surface area contributed by atoms with Crippen molar-refractivity contribution in [3.05, 3.63) is 65.2 Å². The lowest BCUT2D eigenvalue weighted by Crippen LogP contribution is -2.49. The third-order valence-corrected chi connectivity index (χ3v) is 11.4. The van der Waals surface area contributed by atoms with Crippen LogP contribution in [0.2, 0.25) is 0 Å². The molecular weight excluding hydrogens is 556 g/mol. The van der Waals surface area contributed by atoms with Crippen LogP contribution in [0.1, 0.15) is 49.7 Å². The SMILES string of the molecule is CCN1CCN(S(=O)(=O)CCC2CCN(CCC(c3ccc(S(C)(=O)=O)cc3)c3cc(F)cc(F)c3)CC2)CC1. The number of halogens is 2. The minimum atomic E-state index is -3.35. The van der Waals surface area contributed by atoms with Gasteiger partial charge < -0.3 is 9.80 Å². The summed E-state index contributed by atoms with van der Waals surface area (Å²) in [5.74, 6) is -1.03. The molecule has 2 aromatic carbocycles. The first-order chi connectivity index (χ1) is 18.9. The fourth-order valence-electron chi connectivity index (χ4n) is 5.83. The lowest BCUT2D eigenvalue weighted by Gasteiger charge is -2.35. The number of likely N-dealkylation sites (N-methyl/N-ethyl adjacent to an activating group) is 1. The van der Waals surface area contributed by atoms with Crippen LogP contribution in [0.15, 0.2) is 47.4 Å². The molecule has 7 nitrogen and oxygen atoms in total. The van der Waals surface area contributed by atoms with Crippen LogP contribution >= 0.6 is 0 Å². The van der Waals surface area contributed by atoms with E-state index in [1.807, 2.05) is 0 Å². The lowest BCUT2D eigenvalue weighted by molar-refractivity contribution is 0.177. The van der Waals surface area contributed by atoms with Gasteiger partial charge in [0.15, 0.2) is 9.84 Å². The minimum Gasteiger partial charge on any atom is -0.303 e. The molecule has 0 radical (unpaired) electrons. The second-order valence-electron chi connectivity index (χ2n) is 11.1. The van der Waals surface area contributed by atoms with Gasteiger partial charge in [-0.15, -0.1) is 0 Å². The first kappa shape index (κ1) is 31.0. The van der Waals surface area contributed by atoms with Crippen molar-refractivity contribution in [2.45, 2.75) is 43.4 Å². The number of sulfone groups is 1. The average Bonchev–Trinajstić information content (AvgIpc) is 2.92. The number of nitrogens with zero attached hydrogens (tertiary/aromatic N) is 3. The van der Waals surface area contributed by atoms with Gasteiger partial charge in [-0.1, -0.05) is 19.1 Å². The van der Waals surface area contributed by atoms with E-state index in [2.05, 4.69) is 16.7 Å². The molecule has 0 spiro atoms. The normalized spacial score (nSPS) is 19.6. The molecule has 0 N–H and O–H groups in total. The Balaban J connectivity index is 1.33. The highest BCUT2D eigenvalue weighted by Gasteiger charge is 2.28. The summed E-state index contributed by atoms with van der Waals surface area (Å²) < 4.78 is 79.4. The molecule has 222 valence electrons. The summed E-state index contributed by atoms with van der Waals surface area (Å²) in [6.07, 6.45) is 4.27. The molecule has 1 atom stereocenters. The van der Waals surface area contributed by atoms with Gasteiger partial charge in [0.2, 0.25) is 10.0 Å². The summed E-state index contributed by atoms with van der Waals surface area (Å²) >= 11 is 0. The molecule has 2 fully saturated rings. The van der Waals surface area contributed by atoms with E-state index in [0.717, 1.165) is 63.5 Å². The monoisotopic (exact) mass is 597 g/mol. The Morgan fingerprint density at radius 1 is 0.825 bits per heavy atom. The quantitative estimate of drug-likeness (QED) is 0.390. The summed E-state index contributed by atoms with van der Waals surface area (Å²) in [4.78, 5) is 4.79. The molecule has 11 heteroatoms. The Kier molecular flexibility index (Phi) is 10.4. The van der Waals surface area contributed by atoms with Crippen LogP contribution in [0, 0.1) is 17.6 Å². The van der Waals surface area contributed by atoms with Crippen LogP contribution in [-0.2, 0) is 19.9 Å². The molecule has 2 saturated heterocycles. The summed E-state index contributed by atoms with van der Waals surface area (Å²) in [6, 6.07) is 10.0. The van der Waals surface area contributed by atoms with Gasteiger partial charge in [0.1, 0.15) is 11.6 Å². The maximum atomic E-state index is 14.1. The molecule has 0 amide bonds. The smallest absolute Gasteiger partial charge is 0.214 e. The van der Waals surface area contributed by atoms with Gasteiger partial charge in [-0.05, 0) is 93.2 Å². The molecule has 0 bridgehead atoms. The van der Waals surface area contributed by atoms with Crippen molar-refractivity contribution in [3.63, 3.8) is 0 Å². The Labute approximate surface area is 238 Å². The third kappa shape index (κ3) is 8.31. The number of piperidine rings is 1. The molecule has 0 saturated carbocycles. The molecule has 1 unspecified atom stereocenters. The zero-order valence-corrected chi connectivity index (χ0v) is 25.1. The number of piperazine rings is 1. The van der Waals surface area contributed by atoms with Gasteiger partial charge in [0, 0.05) is 44.4 Å². The highest BCUT2D eigenvalue weighted by atomic mass is 32.2. The molecule has 2 aromatic rings. The highest BCUT2D eigenvalue weighted by molar-refractivity contribution is 7.90. The maximum absolute atomic E-state index is 14.1. The van der Waals surface area contributed by atoms with Crippen LogP contribution in [0.5, 0.6) is 0 Å². The number of benzene rings is 2. The van der Waals surface area contributed by atoms with Crippen LogP contribution in [0.25, 0.3) is 0 Å². The third-order valence-electron chi connectivity index (χ3n) is 8.39. The van der Waals surface area contributed by atoms with Crippen molar-refractivity contribution in [1.82, 2.24) is 14.1 Å². The van der Waals surface area contributed by atoms with Gasteiger partial charge in [-0.25, -0.2) is 25.6 Å². The number of hydrogen-bond donors (Lipinski definition) is 0. The molecule has 2 aliphatic heterocycles. The standard InChI is InChI=1S/C29H41F2N3O4S2/c1-3-32-15-17-34(18-16-32)40(37,38)19-11-23-8-12-33(13-9-23)14-10-29(25-20-26(30)22-27(31)21-25)24-4-6-28(7-5-24)39(2,35)36/h4-7,20-23,29H,3,8-19H2,1-2H3. The van der Waals surface area contributed by atoms with E-state index < -0.39 is 31.5 Å². The molecule has 2 heterocycles. The van der Waals surface area contributed by atoms with E-state index in [1.54, 1.807) is 16.4 Å². The average molecular weight is 598 g/mol.